The summed E-state index contributed by atoms with van der Waals surface area (Å²) in [6, 6.07) is -0.644. The molecule has 0 aromatic rings. The molecule has 1 unspecified atom stereocenters. The molecule has 1 aliphatic heterocycles. The summed E-state index contributed by atoms with van der Waals surface area (Å²) in [5, 5.41) is 10.8. The summed E-state index contributed by atoms with van der Waals surface area (Å²) in [5.41, 5.74) is 5.23. The number of carbonyl (C=O) groups excluding carboxylic acids is 2. The molecule has 3 amide bonds. The molecule has 1 fully saturated rings. The Morgan fingerprint density at radius 1 is 1.62 bits per heavy atom. The van der Waals surface area contributed by atoms with Crippen LogP contribution in [0.4, 0.5) is 4.79 Å². The van der Waals surface area contributed by atoms with E-state index < -0.39 is 28.9 Å². The van der Waals surface area contributed by atoms with Crippen molar-refractivity contribution in [1.29, 1.82) is 0 Å². The number of hydrogen-bond donors (Lipinski definition) is 3. The van der Waals surface area contributed by atoms with Crippen molar-refractivity contribution in [2.75, 3.05) is 19.8 Å². The van der Waals surface area contributed by atoms with Gasteiger partial charge in [0.05, 0.1) is 0 Å². The molecule has 72 valence electrons. The number of nitrogens with one attached hydrogen (secondary N) is 1. The predicted molar refractivity (Wildman–Crippen MR) is 40.2 cm³/mol. The minimum Gasteiger partial charge on any atom is -0.477 e. The van der Waals surface area contributed by atoms with Gasteiger partial charge in [0.15, 0.2) is 6.54 Å². The summed E-state index contributed by atoms with van der Waals surface area (Å²) in [6.07, 6.45) is 0. The fourth-order valence-corrected chi connectivity index (χ4v) is 1.21. The minimum absolute atomic E-state index is 0.149. The van der Waals surface area contributed by atoms with Crippen LogP contribution in [-0.2, 0) is 9.59 Å². The van der Waals surface area contributed by atoms with Gasteiger partial charge < -0.3 is 5.11 Å². The van der Waals surface area contributed by atoms with Gasteiger partial charge in [0, 0.05) is 0 Å². The number of nitrogens with two attached hydrogens (primary N) is 1. The van der Waals surface area contributed by atoms with E-state index >= 15 is 0 Å². The lowest BCUT2D eigenvalue weighted by atomic mass is 10.4. The molecule has 1 saturated heterocycles. The molecule has 7 nitrogen and oxygen atoms in total. The third kappa shape index (κ3) is 1.38. The lowest BCUT2D eigenvalue weighted by molar-refractivity contribution is -0.759. The molecule has 4 N–H and O–H groups in total. The number of carboxylic acids is 1. The quantitative estimate of drug-likeness (QED) is 0.352. The smallest absolute Gasteiger partial charge is 0.426 e. The van der Waals surface area contributed by atoms with Crippen LogP contribution in [0.5, 0.6) is 0 Å². The Morgan fingerprint density at radius 3 is 2.54 bits per heavy atom. The Balaban J connectivity index is 2.95. The zero-order chi connectivity index (χ0) is 10.1. The van der Waals surface area contributed by atoms with Crippen molar-refractivity contribution >= 4 is 17.9 Å². The fraction of sp³-hybridized carbons (Fsp3) is 0.500. The van der Waals surface area contributed by atoms with Crippen LogP contribution in [0.15, 0.2) is 0 Å². The fourth-order valence-electron chi connectivity index (χ4n) is 1.21. The zero-order valence-electron chi connectivity index (χ0n) is 6.82. The molecule has 13 heavy (non-hydrogen) atoms. The number of carboxylic acid groups (broad SMARTS) is 1. The van der Waals surface area contributed by atoms with Gasteiger partial charge in [0.25, 0.3) is 0 Å². The van der Waals surface area contributed by atoms with Gasteiger partial charge in [-0.25, -0.2) is 14.4 Å². The second-order valence-electron chi connectivity index (χ2n) is 2.75. The number of imide groups is 1. The SMILES string of the molecule is NC[N+]1(CC(=O)O)C(=O)CNC1=O. The van der Waals surface area contributed by atoms with E-state index in [-0.39, 0.29) is 13.2 Å². The standard InChI is InChI=1S/C6H9N3O4/c7-3-9(2-5(11)12)4(10)1-8-6(9)13/h1-3,7H2,(H-,8,11,12,13)/p+1. The number of rotatable bonds is 3. The number of urea groups is 1. The van der Waals surface area contributed by atoms with Crippen LogP contribution in [-0.4, -0.2) is 47.3 Å². The summed E-state index contributed by atoms with van der Waals surface area (Å²) in [5.74, 6) is -1.73. The Labute approximate surface area is 73.7 Å². The first-order chi connectivity index (χ1) is 6.03. The maximum atomic E-state index is 11.2. The molecular formula is C6H10N3O4+. The highest BCUT2D eigenvalue weighted by Crippen LogP contribution is 2.11. The van der Waals surface area contributed by atoms with Gasteiger partial charge in [0.2, 0.25) is 0 Å². The minimum atomic E-state index is -1.23. The van der Waals surface area contributed by atoms with Crippen molar-refractivity contribution in [3.63, 3.8) is 0 Å². The highest BCUT2D eigenvalue weighted by Gasteiger charge is 2.50. The van der Waals surface area contributed by atoms with E-state index in [1.165, 1.54) is 0 Å². The summed E-state index contributed by atoms with van der Waals surface area (Å²) in [4.78, 5) is 32.8. The van der Waals surface area contributed by atoms with Crippen LogP contribution >= 0.6 is 0 Å². The van der Waals surface area contributed by atoms with Crippen molar-refractivity contribution in [2.24, 2.45) is 5.73 Å². The van der Waals surface area contributed by atoms with E-state index in [1.807, 2.05) is 0 Å². The van der Waals surface area contributed by atoms with Gasteiger partial charge in [-0.05, 0) is 0 Å². The molecule has 1 heterocycles. The Morgan fingerprint density at radius 2 is 2.23 bits per heavy atom. The molecular weight excluding hydrogens is 178 g/mol. The second kappa shape index (κ2) is 3.11. The average molecular weight is 188 g/mol. The lowest BCUT2D eigenvalue weighted by Crippen LogP contribution is -2.59. The van der Waals surface area contributed by atoms with Gasteiger partial charge in [-0.1, -0.05) is 0 Å². The third-order valence-electron chi connectivity index (χ3n) is 1.97. The van der Waals surface area contributed by atoms with E-state index in [9.17, 15) is 14.4 Å². The van der Waals surface area contributed by atoms with Crippen molar-refractivity contribution in [3.8, 4) is 0 Å². The number of carbonyl (C=O) groups is 3. The van der Waals surface area contributed by atoms with Crippen LogP contribution in [0.25, 0.3) is 0 Å². The summed E-state index contributed by atoms with van der Waals surface area (Å²) in [7, 11) is 0. The Kier molecular flexibility index (Phi) is 2.30. The Bertz CT molecular complexity index is 259. The van der Waals surface area contributed by atoms with Crippen LogP contribution < -0.4 is 11.1 Å². The first kappa shape index (κ1) is 9.62. The molecule has 1 rings (SSSR count). The molecule has 0 radical (unpaired) electrons. The van der Waals surface area contributed by atoms with E-state index in [2.05, 4.69) is 5.32 Å². The maximum Gasteiger partial charge on any atom is 0.426 e. The molecule has 0 bridgehead atoms. The topological polar surface area (TPSA) is 109 Å². The van der Waals surface area contributed by atoms with E-state index in [4.69, 9.17) is 10.8 Å². The number of nitrogens with zero attached hydrogens (tertiary/aromatic N) is 1. The number of hydrogen-bond acceptors (Lipinski definition) is 4. The first-order valence-electron chi connectivity index (χ1n) is 3.63. The van der Waals surface area contributed by atoms with E-state index in [0.29, 0.717) is 0 Å². The molecule has 7 heteroatoms. The van der Waals surface area contributed by atoms with Gasteiger partial charge in [-0.3, -0.25) is 11.1 Å². The molecule has 1 atom stereocenters. The molecule has 0 saturated carbocycles. The molecule has 0 aliphatic carbocycles. The summed E-state index contributed by atoms with van der Waals surface area (Å²) in [6.45, 7) is -1.07. The van der Waals surface area contributed by atoms with Crippen LogP contribution in [0.3, 0.4) is 0 Å². The molecule has 0 spiro atoms. The predicted octanol–water partition coefficient (Wildman–Crippen LogP) is -1.95. The van der Waals surface area contributed by atoms with Crippen molar-refractivity contribution in [1.82, 2.24) is 5.32 Å². The second-order valence-corrected chi connectivity index (χ2v) is 2.75. The zero-order valence-corrected chi connectivity index (χ0v) is 6.82. The summed E-state index contributed by atoms with van der Waals surface area (Å²) >= 11 is 0. The van der Waals surface area contributed by atoms with Gasteiger partial charge in [-0.2, -0.15) is 4.48 Å². The van der Waals surface area contributed by atoms with Crippen LogP contribution in [0, 0.1) is 0 Å². The number of aliphatic carboxylic acids is 1. The number of quaternary nitrogens is 1. The first-order valence-corrected chi connectivity index (χ1v) is 3.63. The molecule has 1 aliphatic rings. The monoisotopic (exact) mass is 188 g/mol. The Hall–Kier alpha value is -1.47. The number of amides is 3. The van der Waals surface area contributed by atoms with Crippen molar-refractivity contribution < 1.29 is 24.0 Å². The van der Waals surface area contributed by atoms with Crippen LogP contribution in [0.2, 0.25) is 0 Å². The normalized spacial score (nSPS) is 27.5. The van der Waals surface area contributed by atoms with Gasteiger partial charge in [0.1, 0.15) is 13.2 Å². The van der Waals surface area contributed by atoms with Crippen molar-refractivity contribution in [2.45, 2.75) is 0 Å². The molecule has 0 aromatic carbocycles. The lowest BCUT2D eigenvalue weighted by Gasteiger charge is -2.22. The van der Waals surface area contributed by atoms with Crippen LogP contribution in [0.1, 0.15) is 0 Å². The highest BCUT2D eigenvalue weighted by molar-refractivity contribution is 5.93. The van der Waals surface area contributed by atoms with E-state index in [0.717, 1.165) is 0 Å². The van der Waals surface area contributed by atoms with Crippen molar-refractivity contribution in [3.05, 3.63) is 0 Å². The average Bonchev–Trinajstić information content (AvgIpc) is 2.32. The van der Waals surface area contributed by atoms with Gasteiger partial charge in [-0.15, -0.1) is 0 Å². The molecule has 0 aromatic heterocycles. The summed E-state index contributed by atoms with van der Waals surface area (Å²) < 4.78 is -0.838. The maximum absolute atomic E-state index is 11.2. The third-order valence-corrected chi connectivity index (χ3v) is 1.97. The largest absolute Gasteiger partial charge is 0.477 e. The highest BCUT2D eigenvalue weighted by atomic mass is 16.4. The van der Waals surface area contributed by atoms with E-state index in [1.54, 1.807) is 0 Å². The van der Waals surface area contributed by atoms with Gasteiger partial charge >= 0.3 is 17.9 Å².